The van der Waals surface area contributed by atoms with Gasteiger partial charge in [-0.1, -0.05) is 39.3 Å². The van der Waals surface area contributed by atoms with Gasteiger partial charge in [-0.15, -0.1) is 0 Å². The lowest BCUT2D eigenvalue weighted by molar-refractivity contribution is 0.0461. The molecular weight excluding hydrogens is 516 g/mol. The van der Waals surface area contributed by atoms with Crippen LogP contribution in [0.4, 0.5) is 0 Å². The normalized spacial score (nSPS) is 12.2. The van der Waals surface area contributed by atoms with Gasteiger partial charge in [-0.2, -0.15) is 0 Å². The minimum atomic E-state index is -1.28. The second-order valence-corrected chi connectivity index (χ2v) is 23.4. The van der Waals surface area contributed by atoms with Gasteiger partial charge >= 0.3 is 11.9 Å². The van der Waals surface area contributed by atoms with E-state index in [2.05, 4.69) is 39.3 Å². The molecule has 0 aliphatic carbocycles. The molecule has 10 heteroatoms. The van der Waals surface area contributed by atoms with Crippen LogP contribution in [0.1, 0.15) is 46.0 Å². The van der Waals surface area contributed by atoms with Crippen molar-refractivity contribution in [3.05, 3.63) is 34.6 Å². The minimum Gasteiger partial charge on any atom is -0.461 e. The van der Waals surface area contributed by atoms with Crippen molar-refractivity contribution in [2.24, 2.45) is 0 Å². The average molecular weight is 565 g/mol. The summed E-state index contributed by atoms with van der Waals surface area (Å²) < 4.78 is 26.7. The van der Waals surface area contributed by atoms with Gasteiger partial charge in [0.25, 0.3) is 0 Å². The van der Waals surface area contributed by atoms with Gasteiger partial charge in [-0.3, -0.25) is 0 Å². The molecule has 2 rings (SSSR count). The van der Waals surface area contributed by atoms with E-state index in [0.29, 0.717) is 24.6 Å². The van der Waals surface area contributed by atoms with Crippen LogP contribution < -0.4 is 0 Å². The Hall–Kier alpha value is -2.15. The number of carbonyl (C=O) groups excluding carboxylic acids is 2. The molecule has 38 heavy (non-hydrogen) atoms. The number of nitrogens with zero attached hydrogens (tertiary/aromatic N) is 2. The highest BCUT2D eigenvalue weighted by atomic mass is 28.3. The van der Waals surface area contributed by atoms with Crippen molar-refractivity contribution in [3.63, 3.8) is 0 Å². The van der Waals surface area contributed by atoms with Crippen molar-refractivity contribution in [2.75, 3.05) is 26.4 Å². The Labute approximate surface area is 230 Å². The van der Waals surface area contributed by atoms with Gasteiger partial charge in [-0.05, 0) is 63.0 Å². The number of rotatable bonds is 15. The Morgan fingerprint density at radius 2 is 1.03 bits per heavy atom. The topological polar surface area (TPSA) is 80.9 Å². The Morgan fingerprint density at radius 3 is 1.32 bits per heavy atom. The molecule has 0 unspecified atom stereocenters. The zero-order valence-electron chi connectivity index (χ0n) is 25.2. The quantitative estimate of drug-likeness (QED) is 0.139. The lowest BCUT2D eigenvalue weighted by Crippen LogP contribution is -2.23. The number of hydrogen-bond donors (Lipinski definition) is 0. The maximum absolute atomic E-state index is 13.0. The summed E-state index contributed by atoms with van der Waals surface area (Å²) in [7, 11) is -2.55. The lowest BCUT2D eigenvalue weighted by atomic mass is 10.2. The number of esters is 2. The third-order valence-corrected chi connectivity index (χ3v) is 9.62. The van der Waals surface area contributed by atoms with Crippen molar-refractivity contribution in [2.45, 2.75) is 92.5 Å². The molecule has 2 aromatic rings. The standard InChI is InChI=1S/C28H48N2O6Si2/c1-11-35-27(31)25-21(3)17-23(29(25)19-33-13-15-37(5,6)7)24-18-22(4)26(28(32)36-12-2)30(24)20-34-14-16-38(8,9)10/h17-18H,11-16,19-20H2,1-10H3. The summed E-state index contributed by atoms with van der Waals surface area (Å²) in [6.45, 7) is 23.4. The molecule has 0 aliphatic rings. The third kappa shape index (κ3) is 8.96. The van der Waals surface area contributed by atoms with Crippen LogP contribution in [0.5, 0.6) is 0 Å². The fraction of sp³-hybridized carbons (Fsp3) is 0.643. The second kappa shape index (κ2) is 13.8. The van der Waals surface area contributed by atoms with Crippen LogP contribution in [-0.4, -0.2) is 63.6 Å². The molecule has 0 amide bonds. The molecule has 214 valence electrons. The Balaban J connectivity index is 2.57. The van der Waals surface area contributed by atoms with Crippen LogP contribution in [0.15, 0.2) is 12.1 Å². The zero-order chi connectivity index (χ0) is 28.7. The van der Waals surface area contributed by atoms with E-state index in [-0.39, 0.29) is 26.7 Å². The number of ether oxygens (including phenoxy) is 4. The van der Waals surface area contributed by atoms with Crippen LogP contribution in [-0.2, 0) is 32.4 Å². The fourth-order valence-electron chi connectivity index (χ4n) is 4.07. The van der Waals surface area contributed by atoms with Crippen LogP contribution in [0.3, 0.4) is 0 Å². The molecule has 0 aromatic carbocycles. The highest BCUT2D eigenvalue weighted by Crippen LogP contribution is 2.31. The SMILES string of the molecule is CCOC(=O)c1c(C)cc(-c2cc(C)c(C(=O)OCC)n2COCC[Si](C)(C)C)n1COCC[Si](C)(C)C. The van der Waals surface area contributed by atoms with Crippen molar-refractivity contribution in [1.29, 1.82) is 0 Å². The first-order valence-electron chi connectivity index (χ1n) is 13.6. The van der Waals surface area contributed by atoms with Gasteiger partial charge < -0.3 is 28.1 Å². The molecule has 0 N–H and O–H groups in total. The first kappa shape index (κ1) is 32.1. The largest absolute Gasteiger partial charge is 0.461 e. The predicted octanol–water partition coefficient (Wildman–Crippen LogP) is 6.55. The summed E-state index contributed by atoms with van der Waals surface area (Å²) in [5.41, 5.74) is 4.03. The fourth-order valence-corrected chi connectivity index (χ4v) is 5.59. The van der Waals surface area contributed by atoms with E-state index in [4.69, 9.17) is 18.9 Å². The van der Waals surface area contributed by atoms with Crippen LogP contribution in [0.25, 0.3) is 11.4 Å². The Bertz CT molecular complexity index is 1010. The highest BCUT2D eigenvalue weighted by molar-refractivity contribution is 6.76. The smallest absolute Gasteiger partial charge is 0.355 e. The van der Waals surface area contributed by atoms with E-state index in [1.165, 1.54) is 0 Å². The van der Waals surface area contributed by atoms with Crippen molar-refractivity contribution in [1.82, 2.24) is 9.13 Å². The molecule has 0 fully saturated rings. The molecule has 0 spiro atoms. The molecule has 0 saturated carbocycles. The molecule has 8 nitrogen and oxygen atoms in total. The van der Waals surface area contributed by atoms with Crippen LogP contribution in [0, 0.1) is 13.8 Å². The van der Waals surface area contributed by atoms with E-state index in [1.807, 2.05) is 35.1 Å². The maximum atomic E-state index is 13.0. The summed E-state index contributed by atoms with van der Waals surface area (Å²) in [6, 6.07) is 5.95. The Morgan fingerprint density at radius 1 is 0.684 bits per heavy atom. The lowest BCUT2D eigenvalue weighted by Gasteiger charge is -2.19. The average Bonchev–Trinajstić information content (AvgIpc) is 3.29. The van der Waals surface area contributed by atoms with E-state index < -0.39 is 28.1 Å². The van der Waals surface area contributed by atoms with Gasteiger partial charge in [0.2, 0.25) is 0 Å². The van der Waals surface area contributed by atoms with Crippen molar-refractivity contribution >= 4 is 28.1 Å². The van der Waals surface area contributed by atoms with Gasteiger partial charge in [0.15, 0.2) is 0 Å². The monoisotopic (exact) mass is 564 g/mol. The van der Waals surface area contributed by atoms with Gasteiger partial charge in [0, 0.05) is 29.4 Å². The van der Waals surface area contributed by atoms with Gasteiger partial charge in [0.1, 0.15) is 24.8 Å². The van der Waals surface area contributed by atoms with E-state index >= 15 is 0 Å². The van der Waals surface area contributed by atoms with E-state index in [1.54, 1.807) is 13.8 Å². The van der Waals surface area contributed by atoms with E-state index in [0.717, 1.165) is 34.6 Å². The summed E-state index contributed by atoms with van der Waals surface area (Å²) in [4.78, 5) is 26.0. The van der Waals surface area contributed by atoms with E-state index in [9.17, 15) is 9.59 Å². The second-order valence-electron chi connectivity index (χ2n) is 12.1. The number of aryl methyl sites for hydroxylation is 2. The molecule has 0 saturated heterocycles. The maximum Gasteiger partial charge on any atom is 0.355 e. The summed E-state index contributed by atoms with van der Waals surface area (Å²) in [5.74, 6) is -0.784. The van der Waals surface area contributed by atoms with Crippen molar-refractivity contribution < 1.29 is 28.5 Å². The molecule has 0 bridgehead atoms. The molecule has 0 radical (unpaired) electrons. The number of carbonyl (C=O) groups is 2. The van der Waals surface area contributed by atoms with Crippen molar-refractivity contribution in [3.8, 4) is 11.4 Å². The zero-order valence-corrected chi connectivity index (χ0v) is 27.2. The molecule has 0 aliphatic heterocycles. The molecular formula is C28H48N2O6Si2. The molecule has 0 atom stereocenters. The number of aromatic nitrogens is 2. The van der Waals surface area contributed by atoms with Crippen LogP contribution >= 0.6 is 0 Å². The first-order valence-corrected chi connectivity index (χ1v) is 21.0. The first-order chi connectivity index (χ1) is 17.7. The van der Waals surface area contributed by atoms with Crippen LogP contribution in [0.2, 0.25) is 51.4 Å². The van der Waals surface area contributed by atoms with Gasteiger partial charge in [-0.25, -0.2) is 9.59 Å². The molecule has 2 aromatic heterocycles. The highest BCUT2D eigenvalue weighted by Gasteiger charge is 2.27. The number of hydrogen-bond acceptors (Lipinski definition) is 6. The van der Waals surface area contributed by atoms with Gasteiger partial charge in [0.05, 0.1) is 24.6 Å². The molecule has 2 heterocycles. The summed E-state index contributed by atoms with van der Waals surface area (Å²) in [6.07, 6.45) is 0. The third-order valence-electron chi connectivity index (χ3n) is 6.21. The minimum absolute atomic E-state index is 0.206. The predicted molar refractivity (Wildman–Crippen MR) is 157 cm³/mol. The summed E-state index contributed by atoms with van der Waals surface area (Å²) >= 11 is 0. The Kier molecular flexibility index (Phi) is 11.6. The summed E-state index contributed by atoms with van der Waals surface area (Å²) in [5, 5.41) is 0.